The minimum Gasteiger partial charge on any atom is -0.378 e. The molecule has 1 aliphatic rings. The Balaban J connectivity index is 1.91. The van der Waals surface area contributed by atoms with Gasteiger partial charge < -0.3 is 10.1 Å². The maximum Gasteiger partial charge on any atom is 0.270 e. The smallest absolute Gasteiger partial charge is 0.270 e. The number of allylic oxidation sites excluding steroid dienone is 1. The molecular formula is C12H16N2O2S. The summed E-state index contributed by atoms with van der Waals surface area (Å²) in [5.74, 6) is -0.0797. The molecule has 1 unspecified atom stereocenters. The molecule has 17 heavy (non-hydrogen) atoms. The number of hydrogen-bond donors (Lipinski definition) is 1. The number of thiazole rings is 1. The molecule has 0 spiro atoms. The molecular weight excluding hydrogens is 236 g/mol. The highest BCUT2D eigenvalue weighted by Crippen LogP contribution is 2.13. The number of nitrogens with one attached hydrogen (secondary N) is 1. The number of aromatic nitrogens is 1. The Hall–Kier alpha value is -1.20. The van der Waals surface area contributed by atoms with Crippen LogP contribution < -0.4 is 5.32 Å². The van der Waals surface area contributed by atoms with Crippen LogP contribution in [0.1, 0.15) is 34.8 Å². The molecule has 0 bridgehead atoms. The van der Waals surface area contributed by atoms with E-state index in [2.05, 4.69) is 22.5 Å². The highest BCUT2D eigenvalue weighted by molar-refractivity contribution is 7.09. The van der Waals surface area contributed by atoms with Crippen LogP contribution in [0.4, 0.5) is 0 Å². The Kier molecular flexibility index (Phi) is 4.28. The monoisotopic (exact) mass is 252 g/mol. The number of ether oxygens (including phenoxy) is 1. The van der Waals surface area contributed by atoms with Crippen LogP contribution >= 0.6 is 11.3 Å². The number of carbonyl (C=O) groups is 1. The van der Waals surface area contributed by atoms with E-state index in [1.54, 1.807) is 12.5 Å². The molecule has 0 aromatic carbocycles. The van der Waals surface area contributed by atoms with Crippen molar-refractivity contribution in [3.8, 4) is 0 Å². The van der Waals surface area contributed by atoms with Crippen molar-refractivity contribution in [2.45, 2.75) is 31.9 Å². The van der Waals surface area contributed by atoms with Gasteiger partial charge in [0.1, 0.15) is 10.7 Å². The van der Waals surface area contributed by atoms with Gasteiger partial charge in [0, 0.05) is 18.5 Å². The summed E-state index contributed by atoms with van der Waals surface area (Å²) in [7, 11) is 1.62. The van der Waals surface area contributed by atoms with Crippen molar-refractivity contribution in [3.05, 3.63) is 28.2 Å². The zero-order valence-electron chi connectivity index (χ0n) is 9.81. The van der Waals surface area contributed by atoms with Gasteiger partial charge in [-0.25, -0.2) is 4.98 Å². The summed E-state index contributed by atoms with van der Waals surface area (Å²) < 4.78 is 4.98. The van der Waals surface area contributed by atoms with Crippen molar-refractivity contribution in [1.29, 1.82) is 0 Å². The second-order valence-corrected chi connectivity index (χ2v) is 4.96. The summed E-state index contributed by atoms with van der Waals surface area (Å²) in [5, 5.41) is 5.62. The Morgan fingerprint density at radius 3 is 3.24 bits per heavy atom. The molecule has 5 heteroatoms. The van der Waals surface area contributed by atoms with Crippen molar-refractivity contribution in [2.24, 2.45) is 0 Å². The Bertz CT molecular complexity index is 414. The summed E-state index contributed by atoms with van der Waals surface area (Å²) in [4.78, 5) is 16.1. The van der Waals surface area contributed by atoms with Gasteiger partial charge in [0.25, 0.3) is 5.91 Å². The van der Waals surface area contributed by atoms with Crippen LogP contribution in [0.25, 0.3) is 0 Å². The van der Waals surface area contributed by atoms with Gasteiger partial charge in [-0.3, -0.25) is 4.79 Å². The molecule has 1 aromatic rings. The molecule has 92 valence electrons. The average Bonchev–Trinajstić information content (AvgIpc) is 2.79. The van der Waals surface area contributed by atoms with E-state index in [0.717, 1.165) is 24.3 Å². The predicted octanol–water partition coefficient (Wildman–Crippen LogP) is 2.13. The standard InChI is InChI=1S/C12H16N2O2S/c1-16-7-11-14-10(8-17-11)12(15)13-9-5-3-2-4-6-9/h2-3,8-9H,4-7H2,1H3,(H,13,15). The molecule has 0 aliphatic heterocycles. The van der Waals surface area contributed by atoms with Crippen LogP contribution in [0.5, 0.6) is 0 Å². The Labute approximate surface area is 105 Å². The third kappa shape index (κ3) is 3.38. The van der Waals surface area contributed by atoms with E-state index < -0.39 is 0 Å². The Morgan fingerprint density at radius 2 is 2.53 bits per heavy atom. The van der Waals surface area contributed by atoms with Gasteiger partial charge in [0.15, 0.2) is 0 Å². The second-order valence-electron chi connectivity index (χ2n) is 4.01. The van der Waals surface area contributed by atoms with E-state index in [9.17, 15) is 4.79 Å². The number of hydrogen-bond acceptors (Lipinski definition) is 4. The number of nitrogens with zero attached hydrogens (tertiary/aromatic N) is 1. The predicted molar refractivity (Wildman–Crippen MR) is 67.1 cm³/mol. The molecule has 4 nitrogen and oxygen atoms in total. The summed E-state index contributed by atoms with van der Waals surface area (Å²) >= 11 is 1.45. The van der Waals surface area contributed by atoms with Crippen molar-refractivity contribution in [3.63, 3.8) is 0 Å². The van der Waals surface area contributed by atoms with E-state index in [1.165, 1.54) is 11.3 Å². The maximum atomic E-state index is 11.9. The second kappa shape index (κ2) is 5.93. The third-order valence-electron chi connectivity index (χ3n) is 2.66. The molecule has 1 amide bonds. The van der Waals surface area contributed by atoms with Gasteiger partial charge in [0.05, 0.1) is 6.61 Å². The normalized spacial score (nSPS) is 19.2. The van der Waals surface area contributed by atoms with Crippen LogP contribution in [-0.2, 0) is 11.3 Å². The summed E-state index contributed by atoms with van der Waals surface area (Å²) in [6.45, 7) is 0.462. The molecule has 0 saturated heterocycles. The first-order valence-corrected chi connectivity index (χ1v) is 6.56. The van der Waals surface area contributed by atoms with Crippen LogP contribution in [-0.4, -0.2) is 24.0 Å². The molecule has 1 heterocycles. The minimum atomic E-state index is -0.0797. The van der Waals surface area contributed by atoms with Crippen molar-refractivity contribution in [2.75, 3.05) is 7.11 Å². The molecule has 1 aromatic heterocycles. The summed E-state index contributed by atoms with van der Waals surface area (Å²) in [6.07, 6.45) is 7.24. The molecule has 1 N–H and O–H groups in total. The lowest BCUT2D eigenvalue weighted by atomic mass is 10.0. The topological polar surface area (TPSA) is 51.2 Å². The lowest BCUT2D eigenvalue weighted by Crippen LogP contribution is -2.35. The first kappa shape index (κ1) is 12.3. The third-order valence-corrected chi connectivity index (χ3v) is 3.48. The molecule has 0 radical (unpaired) electrons. The minimum absolute atomic E-state index is 0.0797. The number of amides is 1. The van der Waals surface area contributed by atoms with Gasteiger partial charge in [-0.1, -0.05) is 12.2 Å². The quantitative estimate of drug-likeness (QED) is 0.835. The van der Waals surface area contributed by atoms with E-state index in [1.807, 2.05) is 0 Å². The lowest BCUT2D eigenvalue weighted by molar-refractivity contribution is 0.0929. The fourth-order valence-corrected chi connectivity index (χ4v) is 2.53. The zero-order chi connectivity index (χ0) is 12.1. The molecule has 1 aliphatic carbocycles. The van der Waals surface area contributed by atoms with Crippen LogP contribution in [0.2, 0.25) is 0 Å². The zero-order valence-corrected chi connectivity index (χ0v) is 10.6. The summed E-state index contributed by atoms with van der Waals surface area (Å²) in [5.41, 5.74) is 0.497. The van der Waals surface area contributed by atoms with Crippen LogP contribution in [0, 0.1) is 0 Å². The van der Waals surface area contributed by atoms with E-state index in [4.69, 9.17) is 4.74 Å². The van der Waals surface area contributed by atoms with Crippen molar-refractivity contribution in [1.82, 2.24) is 10.3 Å². The fourth-order valence-electron chi connectivity index (χ4n) is 1.79. The van der Waals surface area contributed by atoms with Gasteiger partial charge in [-0.2, -0.15) is 0 Å². The van der Waals surface area contributed by atoms with Gasteiger partial charge in [0.2, 0.25) is 0 Å². The first-order chi connectivity index (χ1) is 8.29. The SMILES string of the molecule is COCc1nc(C(=O)NC2CC=CCC2)cs1. The highest BCUT2D eigenvalue weighted by Gasteiger charge is 2.16. The van der Waals surface area contributed by atoms with E-state index in [0.29, 0.717) is 12.3 Å². The summed E-state index contributed by atoms with van der Waals surface area (Å²) in [6, 6.07) is 0.250. The average molecular weight is 252 g/mol. The first-order valence-electron chi connectivity index (χ1n) is 5.69. The highest BCUT2D eigenvalue weighted by atomic mass is 32.1. The number of carbonyl (C=O) groups excluding carboxylic acids is 1. The van der Waals surface area contributed by atoms with Gasteiger partial charge in [-0.05, 0) is 19.3 Å². The maximum absolute atomic E-state index is 11.9. The Morgan fingerprint density at radius 1 is 1.65 bits per heavy atom. The molecule has 2 rings (SSSR count). The van der Waals surface area contributed by atoms with E-state index in [-0.39, 0.29) is 11.9 Å². The van der Waals surface area contributed by atoms with Crippen LogP contribution in [0.3, 0.4) is 0 Å². The number of rotatable bonds is 4. The largest absolute Gasteiger partial charge is 0.378 e. The van der Waals surface area contributed by atoms with Crippen LogP contribution in [0.15, 0.2) is 17.5 Å². The van der Waals surface area contributed by atoms with E-state index >= 15 is 0 Å². The number of methoxy groups -OCH3 is 1. The molecule has 0 saturated carbocycles. The van der Waals surface area contributed by atoms with Crippen molar-refractivity contribution >= 4 is 17.2 Å². The van der Waals surface area contributed by atoms with Gasteiger partial charge in [-0.15, -0.1) is 11.3 Å². The van der Waals surface area contributed by atoms with Gasteiger partial charge >= 0.3 is 0 Å². The lowest BCUT2D eigenvalue weighted by Gasteiger charge is -2.18. The molecule has 0 fully saturated rings. The van der Waals surface area contributed by atoms with Crippen molar-refractivity contribution < 1.29 is 9.53 Å². The molecule has 1 atom stereocenters. The fraction of sp³-hybridized carbons (Fsp3) is 0.500.